The van der Waals surface area contributed by atoms with Gasteiger partial charge >= 0.3 is 0 Å². The van der Waals surface area contributed by atoms with Gasteiger partial charge in [0.2, 0.25) is 0 Å². The van der Waals surface area contributed by atoms with Gasteiger partial charge in [0.1, 0.15) is 0 Å². The number of nitriles is 1. The lowest BCUT2D eigenvalue weighted by molar-refractivity contribution is 0.257. The molecule has 0 aromatic heterocycles. The van der Waals surface area contributed by atoms with Gasteiger partial charge in [0.05, 0.1) is 6.07 Å². The Kier molecular flexibility index (Phi) is 5.54. The largest absolute Gasteiger partial charge is 0.305 e. The Bertz CT molecular complexity index is 530. The number of benzene rings is 2. The second-order valence-corrected chi connectivity index (χ2v) is 5.53. The van der Waals surface area contributed by atoms with Crippen molar-refractivity contribution in [3.8, 4) is 6.07 Å². The fraction of sp³-hybridized carbons (Fsp3) is 0.316. The van der Waals surface area contributed by atoms with Gasteiger partial charge in [-0.05, 0) is 31.6 Å². The molecule has 21 heavy (non-hydrogen) atoms. The van der Waals surface area contributed by atoms with Crippen LogP contribution >= 0.6 is 0 Å². The second-order valence-electron chi connectivity index (χ2n) is 5.53. The van der Waals surface area contributed by atoms with Gasteiger partial charge < -0.3 is 4.90 Å². The monoisotopic (exact) mass is 278 g/mol. The molecule has 2 nitrogen and oxygen atoms in total. The molecule has 0 bridgehead atoms. The van der Waals surface area contributed by atoms with Crippen molar-refractivity contribution in [1.82, 2.24) is 4.90 Å². The topological polar surface area (TPSA) is 27.0 Å². The van der Waals surface area contributed by atoms with E-state index in [0.717, 1.165) is 6.42 Å². The van der Waals surface area contributed by atoms with Crippen molar-refractivity contribution in [2.24, 2.45) is 0 Å². The van der Waals surface area contributed by atoms with Gasteiger partial charge in [-0.25, -0.2) is 0 Å². The fourth-order valence-electron chi connectivity index (χ4n) is 2.89. The number of hydrogen-bond donors (Lipinski definition) is 0. The Morgan fingerprint density at radius 3 is 1.76 bits per heavy atom. The third-order valence-corrected chi connectivity index (χ3v) is 3.92. The van der Waals surface area contributed by atoms with Gasteiger partial charge in [-0.15, -0.1) is 0 Å². The zero-order chi connectivity index (χ0) is 15.1. The zero-order valence-corrected chi connectivity index (χ0v) is 12.7. The maximum Gasteiger partial charge on any atom is 0.0622 e. The van der Waals surface area contributed by atoms with E-state index in [1.165, 1.54) is 11.1 Å². The second kappa shape index (κ2) is 7.61. The van der Waals surface area contributed by atoms with Crippen molar-refractivity contribution >= 4 is 0 Å². The zero-order valence-electron chi connectivity index (χ0n) is 12.7. The first-order chi connectivity index (χ1) is 10.2. The van der Waals surface area contributed by atoms with Crippen LogP contribution in [-0.4, -0.2) is 25.0 Å². The van der Waals surface area contributed by atoms with Crippen LogP contribution in [0.15, 0.2) is 60.7 Å². The van der Waals surface area contributed by atoms with Gasteiger partial charge in [-0.1, -0.05) is 60.7 Å². The molecule has 0 amide bonds. The quantitative estimate of drug-likeness (QED) is 0.797. The molecule has 1 atom stereocenters. The summed E-state index contributed by atoms with van der Waals surface area (Å²) in [6.07, 6.45) is 1.46. The summed E-state index contributed by atoms with van der Waals surface area (Å²) in [6.45, 7) is 0. The predicted octanol–water partition coefficient (Wildman–Crippen LogP) is 4.05. The molecule has 2 heteroatoms. The highest BCUT2D eigenvalue weighted by atomic mass is 15.1. The van der Waals surface area contributed by atoms with Crippen LogP contribution in [0.5, 0.6) is 0 Å². The van der Waals surface area contributed by atoms with Gasteiger partial charge in [0.25, 0.3) is 0 Å². The van der Waals surface area contributed by atoms with E-state index in [4.69, 9.17) is 5.26 Å². The van der Waals surface area contributed by atoms with E-state index >= 15 is 0 Å². The Morgan fingerprint density at radius 2 is 1.38 bits per heavy atom. The van der Waals surface area contributed by atoms with Crippen LogP contribution in [0.1, 0.15) is 29.9 Å². The summed E-state index contributed by atoms with van der Waals surface area (Å²) in [4.78, 5) is 2.24. The van der Waals surface area contributed by atoms with Crippen LogP contribution in [0, 0.1) is 11.3 Å². The predicted molar refractivity (Wildman–Crippen MR) is 87.0 cm³/mol. The summed E-state index contributed by atoms with van der Waals surface area (Å²) < 4.78 is 0. The van der Waals surface area contributed by atoms with Gasteiger partial charge in [0, 0.05) is 18.4 Å². The summed E-state index contributed by atoms with van der Waals surface area (Å²) >= 11 is 0. The third kappa shape index (κ3) is 3.93. The summed E-state index contributed by atoms with van der Waals surface area (Å²) in [7, 11) is 4.20. The number of likely N-dealkylation sites (N-methyl/N-ethyl adjacent to an activating group) is 1. The Hall–Kier alpha value is -2.11. The first kappa shape index (κ1) is 15.3. The first-order valence-corrected chi connectivity index (χ1v) is 7.37. The van der Waals surface area contributed by atoms with Gasteiger partial charge in [0.15, 0.2) is 0 Å². The maximum absolute atomic E-state index is 8.95. The average Bonchev–Trinajstić information content (AvgIpc) is 2.53. The van der Waals surface area contributed by atoms with E-state index in [1.54, 1.807) is 0 Å². The minimum Gasteiger partial charge on any atom is -0.305 e. The summed E-state index contributed by atoms with van der Waals surface area (Å²) in [5, 5.41) is 8.95. The van der Waals surface area contributed by atoms with Gasteiger partial charge in [-0.2, -0.15) is 5.26 Å². The van der Waals surface area contributed by atoms with Crippen molar-refractivity contribution < 1.29 is 0 Å². The Labute approximate surface area is 127 Å². The molecule has 0 heterocycles. The molecule has 0 saturated carbocycles. The molecule has 1 unspecified atom stereocenters. The normalized spacial score (nSPS) is 12.3. The molecule has 108 valence electrons. The van der Waals surface area contributed by atoms with Crippen LogP contribution in [-0.2, 0) is 0 Å². The number of hydrogen-bond acceptors (Lipinski definition) is 2. The molecule has 0 spiro atoms. The van der Waals surface area contributed by atoms with Crippen LogP contribution in [0.4, 0.5) is 0 Å². The molecular weight excluding hydrogens is 256 g/mol. The average molecular weight is 278 g/mol. The molecule has 0 aliphatic heterocycles. The SMILES string of the molecule is CN(C)C(CCC#N)C(c1ccccc1)c1ccccc1. The molecule has 0 fully saturated rings. The van der Waals surface area contributed by atoms with E-state index in [2.05, 4.69) is 73.6 Å². The minimum atomic E-state index is 0.288. The van der Waals surface area contributed by atoms with E-state index < -0.39 is 0 Å². The molecule has 2 aromatic carbocycles. The van der Waals surface area contributed by atoms with Crippen LogP contribution in [0.3, 0.4) is 0 Å². The molecule has 2 aromatic rings. The third-order valence-electron chi connectivity index (χ3n) is 3.92. The van der Waals surface area contributed by atoms with Crippen LogP contribution in [0.25, 0.3) is 0 Å². The fourth-order valence-corrected chi connectivity index (χ4v) is 2.89. The van der Waals surface area contributed by atoms with Crippen molar-refractivity contribution in [3.05, 3.63) is 71.8 Å². The van der Waals surface area contributed by atoms with E-state index in [1.807, 2.05) is 12.1 Å². The summed E-state index contributed by atoms with van der Waals surface area (Å²) in [6, 6.07) is 23.8. The molecule has 2 rings (SSSR count). The summed E-state index contributed by atoms with van der Waals surface area (Å²) in [5.41, 5.74) is 2.61. The number of nitrogens with zero attached hydrogens (tertiary/aromatic N) is 2. The highest BCUT2D eigenvalue weighted by Crippen LogP contribution is 2.32. The molecule has 0 aliphatic rings. The first-order valence-electron chi connectivity index (χ1n) is 7.37. The van der Waals surface area contributed by atoms with Gasteiger partial charge in [-0.3, -0.25) is 0 Å². The van der Waals surface area contributed by atoms with E-state index in [9.17, 15) is 0 Å². The Morgan fingerprint density at radius 1 is 0.905 bits per heavy atom. The lowest BCUT2D eigenvalue weighted by Crippen LogP contribution is -2.34. The van der Waals surface area contributed by atoms with Crippen LogP contribution < -0.4 is 0 Å². The molecule has 0 saturated heterocycles. The van der Waals surface area contributed by atoms with Crippen molar-refractivity contribution in [2.75, 3.05) is 14.1 Å². The van der Waals surface area contributed by atoms with Crippen molar-refractivity contribution in [3.63, 3.8) is 0 Å². The van der Waals surface area contributed by atoms with E-state index in [0.29, 0.717) is 12.5 Å². The highest BCUT2D eigenvalue weighted by molar-refractivity contribution is 5.34. The Balaban J connectivity index is 2.42. The molecular formula is C19H22N2. The highest BCUT2D eigenvalue weighted by Gasteiger charge is 2.26. The molecule has 0 N–H and O–H groups in total. The van der Waals surface area contributed by atoms with Crippen molar-refractivity contribution in [2.45, 2.75) is 24.8 Å². The summed E-state index contributed by atoms with van der Waals surface area (Å²) in [5.74, 6) is 0.288. The standard InChI is InChI=1S/C19H22N2/c1-21(2)18(14-9-15-20)19(16-10-5-3-6-11-16)17-12-7-4-8-13-17/h3-8,10-13,18-19H,9,14H2,1-2H3. The lowest BCUT2D eigenvalue weighted by Gasteiger charge is -2.33. The van der Waals surface area contributed by atoms with Crippen LogP contribution in [0.2, 0.25) is 0 Å². The molecule has 0 aliphatic carbocycles. The molecule has 0 radical (unpaired) electrons. The maximum atomic E-state index is 8.95. The smallest absolute Gasteiger partial charge is 0.0622 e. The van der Waals surface area contributed by atoms with Crippen molar-refractivity contribution in [1.29, 1.82) is 5.26 Å². The van der Waals surface area contributed by atoms with E-state index in [-0.39, 0.29) is 5.92 Å². The minimum absolute atomic E-state index is 0.288. The lowest BCUT2D eigenvalue weighted by atomic mass is 9.82. The number of rotatable bonds is 6.